The highest BCUT2D eigenvalue weighted by atomic mass is 15.3. The first-order valence-corrected chi connectivity index (χ1v) is 7.74. The number of benzene rings is 1. The van der Waals surface area contributed by atoms with E-state index in [1.165, 1.54) is 29.7 Å². The molecule has 2 aromatic rings. The van der Waals surface area contributed by atoms with Gasteiger partial charge >= 0.3 is 0 Å². The predicted molar refractivity (Wildman–Crippen MR) is 82.1 cm³/mol. The Kier molecular flexibility index (Phi) is 3.15. The monoisotopic (exact) mass is 283 g/mol. The second-order valence-electron chi connectivity index (χ2n) is 6.14. The molecule has 1 N–H and O–H groups in total. The molecule has 4 rings (SSSR count). The minimum Gasteiger partial charge on any atom is -0.362 e. The predicted octanol–water partition coefficient (Wildman–Crippen LogP) is 1.86. The lowest BCUT2D eigenvalue weighted by Gasteiger charge is -2.30. The number of nitrogens with one attached hydrogen (secondary N) is 1. The lowest BCUT2D eigenvalue weighted by atomic mass is 10.1. The molecule has 5 heteroatoms. The van der Waals surface area contributed by atoms with E-state index in [0.717, 1.165) is 38.0 Å². The summed E-state index contributed by atoms with van der Waals surface area (Å²) in [6.45, 7) is 6.02. The fraction of sp³-hybridized carbons (Fsp3) is 0.500. The summed E-state index contributed by atoms with van der Waals surface area (Å²) < 4.78 is 2.14. The Morgan fingerprint density at radius 3 is 3.00 bits per heavy atom. The topological polar surface area (TPSA) is 46.0 Å². The molecule has 1 fully saturated rings. The highest BCUT2D eigenvalue weighted by Crippen LogP contribution is 2.25. The fourth-order valence-corrected chi connectivity index (χ4v) is 3.00. The van der Waals surface area contributed by atoms with Gasteiger partial charge in [0, 0.05) is 31.4 Å². The third-order valence-electron chi connectivity index (χ3n) is 4.41. The van der Waals surface area contributed by atoms with E-state index in [9.17, 15) is 0 Å². The van der Waals surface area contributed by atoms with E-state index in [0.29, 0.717) is 0 Å². The number of anilines is 1. The Morgan fingerprint density at radius 1 is 1.29 bits per heavy atom. The third kappa shape index (κ3) is 2.65. The first-order chi connectivity index (χ1) is 10.3. The van der Waals surface area contributed by atoms with Gasteiger partial charge in [-0.1, -0.05) is 12.1 Å². The molecular weight excluding hydrogens is 262 g/mol. The maximum Gasteiger partial charge on any atom is 0.152 e. The summed E-state index contributed by atoms with van der Waals surface area (Å²) in [6.07, 6.45) is 4.50. The lowest BCUT2D eigenvalue weighted by molar-refractivity contribution is 0.559. The molecule has 0 unspecified atom stereocenters. The van der Waals surface area contributed by atoms with Gasteiger partial charge in [0.2, 0.25) is 0 Å². The van der Waals surface area contributed by atoms with Gasteiger partial charge in [-0.15, -0.1) is 10.2 Å². The molecule has 0 saturated heterocycles. The highest BCUT2D eigenvalue weighted by Gasteiger charge is 2.21. The molecule has 5 nitrogen and oxygen atoms in total. The Bertz CT molecular complexity index is 644. The van der Waals surface area contributed by atoms with Crippen molar-refractivity contribution in [1.29, 1.82) is 0 Å². The first kappa shape index (κ1) is 12.8. The largest absolute Gasteiger partial charge is 0.362 e. The van der Waals surface area contributed by atoms with E-state index in [-0.39, 0.29) is 0 Å². The van der Waals surface area contributed by atoms with Crippen LogP contribution in [-0.4, -0.2) is 27.4 Å². The molecule has 2 heterocycles. The van der Waals surface area contributed by atoms with E-state index in [1.807, 2.05) is 6.33 Å². The van der Waals surface area contributed by atoms with Crippen molar-refractivity contribution in [2.24, 2.45) is 0 Å². The second-order valence-corrected chi connectivity index (χ2v) is 6.14. The standard InChI is InChI=1S/C16H21N5/c1-12-8-13(9-17-14-3-4-14)2-5-15(12)20-6-7-21-11-18-19-16(21)10-20/h2,5,8,11,14,17H,3-4,6-7,9-10H2,1H3. The normalized spacial score (nSPS) is 17.9. The molecule has 1 saturated carbocycles. The van der Waals surface area contributed by atoms with Crippen molar-refractivity contribution >= 4 is 5.69 Å². The first-order valence-electron chi connectivity index (χ1n) is 7.74. The van der Waals surface area contributed by atoms with Crippen LogP contribution in [0.3, 0.4) is 0 Å². The zero-order valence-corrected chi connectivity index (χ0v) is 12.4. The van der Waals surface area contributed by atoms with Gasteiger partial charge in [0.1, 0.15) is 6.33 Å². The average Bonchev–Trinajstić information content (AvgIpc) is 3.21. The van der Waals surface area contributed by atoms with Gasteiger partial charge in [0.15, 0.2) is 5.82 Å². The summed E-state index contributed by atoms with van der Waals surface area (Å²) in [6, 6.07) is 7.57. The number of hydrogen-bond acceptors (Lipinski definition) is 4. The number of hydrogen-bond donors (Lipinski definition) is 1. The molecule has 1 aromatic carbocycles. The molecule has 0 bridgehead atoms. The van der Waals surface area contributed by atoms with Gasteiger partial charge in [-0.05, 0) is 37.0 Å². The van der Waals surface area contributed by atoms with Crippen molar-refractivity contribution in [3.8, 4) is 0 Å². The summed E-state index contributed by atoms with van der Waals surface area (Å²) >= 11 is 0. The van der Waals surface area contributed by atoms with Crippen molar-refractivity contribution in [2.45, 2.75) is 45.4 Å². The van der Waals surface area contributed by atoms with Gasteiger partial charge in [-0.2, -0.15) is 0 Å². The van der Waals surface area contributed by atoms with Crippen molar-refractivity contribution in [2.75, 3.05) is 11.4 Å². The third-order valence-corrected chi connectivity index (χ3v) is 4.41. The van der Waals surface area contributed by atoms with E-state index in [4.69, 9.17) is 0 Å². The lowest BCUT2D eigenvalue weighted by Crippen LogP contribution is -2.34. The molecule has 0 radical (unpaired) electrons. The van der Waals surface area contributed by atoms with Gasteiger partial charge < -0.3 is 14.8 Å². The number of rotatable bonds is 4. The molecule has 0 amide bonds. The van der Waals surface area contributed by atoms with Crippen LogP contribution in [0.5, 0.6) is 0 Å². The van der Waals surface area contributed by atoms with Gasteiger partial charge in [0.25, 0.3) is 0 Å². The zero-order valence-electron chi connectivity index (χ0n) is 12.4. The molecule has 1 aliphatic heterocycles. The van der Waals surface area contributed by atoms with Crippen LogP contribution in [0.15, 0.2) is 24.5 Å². The van der Waals surface area contributed by atoms with Gasteiger partial charge in [-0.3, -0.25) is 0 Å². The molecule has 1 aliphatic carbocycles. The maximum absolute atomic E-state index is 4.20. The van der Waals surface area contributed by atoms with Crippen molar-refractivity contribution in [3.63, 3.8) is 0 Å². The number of fused-ring (bicyclic) bond motifs is 1. The van der Waals surface area contributed by atoms with Crippen LogP contribution in [0.1, 0.15) is 29.8 Å². The fourth-order valence-electron chi connectivity index (χ4n) is 3.00. The van der Waals surface area contributed by atoms with Gasteiger partial charge in [-0.25, -0.2) is 0 Å². The SMILES string of the molecule is Cc1cc(CNC2CC2)ccc1N1CCn2cnnc2C1. The average molecular weight is 283 g/mol. The molecular formula is C16H21N5. The minimum atomic E-state index is 0.762. The summed E-state index contributed by atoms with van der Waals surface area (Å²) in [5, 5.41) is 11.8. The molecule has 2 aliphatic rings. The van der Waals surface area contributed by atoms with Crippen molar-refractivity contribution < 1.29 is 0 Å². The number of nitrogens with zero attached hydrogens (tertiary/aromatic N) is 4. The number of aromatic nitrogens is 3. The smallest absolute Gasteiger partial charge is 0.152 e. The summed E-state index contributed by atoms with van der Waals surface area (Å²) in [5.41, 5.74) is 4.04. The van der Waals surface area contributed by atoms with Crippen LogP contribution in [-0.2, 0) is 19.6 Å². The Labute approximate surface area is 125 Å². The van der Waals surface area contributed by atoms with Crippen LogP contribution < -0.4 is 10.2 Å². The van der Waals surface area contributed by atoms with E-state index in [1.54, 1.807) is 0 Å². The molecule has 0 atom stereocenters. The second kappa shape index (κ2) is 5.15. The summed E-state index contributed by atoms with van der Waals surface area (Å²) in [5.74, 6) is 1.06. The minimum absolute atomic E-state index is 0.762. The van der Waals surface area contributed by atoms with E-state index < -0.39 is 0 Å². The number of aryl methyl sites for hydroxylation is 1. The van der Waals surface area contributed by atoms with Crippen molar-refractivity contribution in [1.82, 2.24) is 20.1 Å². The molecule has 21 heavy (non-hydrogen) atoms. The Balaban J connectivity index is 1.49. The van der Waals surface area contributed by atoms with Crippen LogP contribution in [0.25, 0.3) is 0 Å². The van der Waals surface area contributed by atoms with Crippen molar-refractivity contribution in [3.05, 3.63) is 41.5 Å². The Hall–Kier alpha value is -1.88. The quantitative estimate of drug-likeness (QED) is 0.930. The molecule has 110 valence electrons. The van der Waals surface area contributed by atoms with Gasteiger partial charge in [0.05, 0.1) is 6.54 Å². The molecule has 0 spiro atoms. The maximum atomic E-state index is 4.20. The van der Waals surface area contributed by atoms with E-state index >= 15 is 0 Å². The van der Waals surface area contributed by atoms with Crippen LogP contribution in [0.2, 0.25) is 0 Å². The van der Waals surface area contributed by atoms with Crippen LogP contribution in [0, 0.1) is 6.92 Å². The molecule has 1 aromatic heterocycles. The highest BCUT2D eigenvalue weighted by molar-refractivity contribution is 5.54. The summed E-state index contributed by atoms with van der Waals surface area (Å²) in [7, 11) is 0. The summed E-state index contributed by atoms with van der Waals surface area (Å²) in [4.78, 5) is 2.40. The van der Waals surface area contributed by atoms with Crippen LogP contribution >= 0.6 is 0 Å². The zero-order chi connectivity index (χ0) is 14.2. The van der Waals surface area contributed by atoms with Crippen LogP contribution in [0.4, 0.5) is 5.69 Å². The van der Waals surface area contributed by atoms with E-state index in [2.05, 4.69) is 50.1 Å². The Morgan fingerprint density at radius 2 is 2.19 bits per heavy atom.